The van der Waals surface area contributed by atoms with E-state index in [1.54, 1.807) is 12.1 Å². The SMILES string of the molecule is Cc1ccc(S(=O)(=O)N2CC(Oc3ccnc(C(F)(F)F)c3)C2)s1. The Balaban J connectivity index is 1.64. The van der Waals surface area contributed by atoms with Gasteiger partial charge in [0, 0.05) is 17.1 Å². The van der Waals surface area contributed by atoms with E-state index in [1.807, 2.05) is 6.92 Å². The first kappa shape index (κ1) is 17.2. The summed E-state index contributed by atoms with van der Waals surface area (Å²) in [5, 5.41) is 0. The molecule has 1 aliphatic heterocycles. The number of thiophene rings is 1. The minimum absolute atomic E-state index is 0.0198. The Morgan fingerprint density at radius 1 is 1.29 bits per heavy atom. The fourth-order valence-electron chi connectivity index (χ4n) is 2.18. The molecule has 24 heavy (non-hydrogen) atoms. The highest BCUT2D eigenvalue weighted by molar-refractivity contribution is 7.91. The van der Waals surface area contributed by atoms with E-state index in [1.165, 1.54) is 21.7 Å². The van der Waals surface area contributed by atoms with Gasteiger partial charge in [0.1, 0.15) is 21.8 Å². The first-order valence-corrected chi connectivity index (χ1v) is 9.18. The van der Waals surface area contributed by atoms with Crippen molar-refractivity contribution in [2.75, 3.05) is 13.1 Å². The molecule has 1 fully saturated rings. The van der Waals surface area contributed by atoms with Crippen molar-refractivity contribution in [1.29, 1.82) is 0 Å². The Kier molecular flexibility index (Phi) is 4.30. The van der Waals surface area contributed by atoms with Gasteiger partial charge in [0.05, 0.1) is 13.1 Å². The molecule has 1 saturated heterocycles. The molecule has 0 aliphatic carbocycles. The third-order valence-electron chi connectivity index (χ3n) is 3.45. The van der Waals surface area contributed by atoms with Gasteiger partial charge < -0.3 is 4.74 Å². The van der Waals surface area contributed by atoms with Crippen LogP contribution in [0.25, 0.3) is 0 Å². The number of hydrogen-bond donors (Lipinski definition) is 0. The molecule has 3 rings (SSSR count). The summed E-state index contributed by atoms with van der Waals surface area (Å²) in [6.07, 6.45) is -4.02. The molecule has 2 aromatic rings. The van der Waals surface area contributed by atoms with Crippen LogP contribution in [0.5, 0.6) is 5.75 Å². The molecule has 0 saturated carbocycles. The highest BCUT2D eigenvalue weighted by Gasteiger charge is 2.39. The molecule has 3 heterocycles. The summed E-state index contributed by atoms with van der Waals surface area (Å²) in [5.41, 5.74) is -1.04. The number of rotatable bonds is 4. The largest absolute Gasteiger partial charge is 0.488 e. The number of sulfonamides is 1. The number of nitrogens with zero attached hydrogens (tertiary/aromatic N) is 2. The maximum absolute atomic E-state index is 12.6. The lowest BCUT2D eigenvalue weighted by Crippen LogP contribution is -2.55. The van der Waals surface area contributed by atoms with Gasteiger partial charge in [-0.25, -0.2) is 8.42 Å². The highest BCUT2D eigenvalue weighted by atomic mass is 32.2. The van der Waals surface area contributed by atoms with E-state index < -0.39 is 28.0 Å². The van der Waals surface area contributed by atoms with Crippen LogP contribution < -0.4 is 4.74 Å². The standard InChI is InChI=1S/C14H13F3N2O3S2/c1-9-2-3-13(23-9)24(20,21)19-7-11(8-19)22-10-4-5-18-12(6-10)14(15,16)17/h2-6,11H,7-8H2,1H3. The average Bonchev–Trinajstić information content (AvgIpc) is 2.89. The minimum atomic E-state index is -4.55. The van der Waals surface area contributed by atoms with Crippen LogP contribution in [0.4, 0.5) is 13.2 Å². The van der Waals surface area contributed by atoms with Crippen molar-refractivity contribution in [2.45, 2.75) is 23.4 Å². The molecule has 0 unspecified atom stereocenters. The number of pyridine rings is 1. The van der Waals surface area contributed by atoms with Gasteiger partial charge in [-0.2, -0.15) is 17.5 Å². The van der Waals surface area contributed by atoms with E-state index in [-0.39, 0.29) is 23.0 Å². The molecule has 0 N–H and O–H groups in total. The molecule has 0 aromatic carbocycles. The van der Waals surface area contributed by atoms with Crippen molar-refractivity contribution in [3.05, 3.63) is 41.0 Å². The van der Waals surface area contributed by atoms with Crippen LogP contribution in [0, 0.1) is 6.92 Å². The van der Waals surface area contributed by atoms with Gasteiger partial charge in [-0.05, 0) is 25.1 Å². The Morgan fingerprint density at radius 2 is 2.00 bits per heavy atom. The summed E-state index contributed by atoms with van der Waals surface area (Å²) in [6.45, 7) is 2.01. The molecule has 0 radical (unpaired) electrons. The maximum atomic E-state index is 12.6. The summed E-state index contributed by atoms with van der Waals surface area (Å²) in [4.78, 5) is 4.14. The molecule has 5 nitrogen and oxygen atoms in total. The molecular formula is C14H13F3N2O3S2. The van der Waals surface area contributed by atoms with Gasteiger partial charge in [-0.15, -0.1) is 11.3 Å². The monoisotopic (exact) mass is 378 g/mol. The van der Waals surface area contributed by atoms with Crippen molar-refractivity contribution in [3.63, 3.8) is 0 Å². The van der Waals surface area contributed by atoms with E-state index in [4.69, 9.17) is 4.74 Å². The second-order valence-electron chi connectivity index (χ2n) is 5.30. The zero-order valence-corrected chi connectivity index (χ0v) is 14.1. The third kappa shape index (κ3) is 3.40. The molecular weight excluding hydrogens is 365 g/mol. The topological polar surface area (TPSA) is 59.5 Å². The lowest BCUT2D eigenvalue weighted by atomic mass is 10.2. The van der Waals surface area contributed by atoms with E-state index in [9.17, 15) is 21.6 Å². The van der Waals surface area contributed by atoms with Crippen molar-refractivity contribution in [3.8, 4) is 5.75 Å². The molecule has 0 bridgehead atoms. The molecule has 10 heteroatoms. The van der Waals surface area contributed by atoms with E-state index in [0.29, 0.717) is 0 Å². The van der Waals surface area contributed by atoms with Gasteiger partial charge >= 0.3 is 6.18 Å². The highest BCUT2D eigenvalue weighted by Crippen LogP contribution is 2.31. The van der Waals surface area contributed by atoms with Crippen molar-refractivity contribution >= 4 is 21.4 Å². The van der Waals surface area contributed by atoms with Crippen LogP contribution in [0.15, 0.2) is 34.7 Å². The molecule has 0 spiro atoms. The Morgan fingerprint density at radius 3 is 2.58 bits per heavy atom. The minimum Gasteiger partial charge on any atom is -0.488 e. The van der Waals surface area contributed by atoms with E-state index >= 15 is 0 Å². The van der Waals surface area contributed by atoms with E-state index in [2.05, 4.69) is 4.98 Å². The lowest BCUT2D eigenvalue weighted by Gasteiger charge is -2.37. The van der Waals surface area contributed by atoms with Gasteiger partial charge in [-0.1, -0.05) is 0 Å². The second-order valence-corrected chi connectivity index (χ2v) is 8.75. The van der Waals surface area contributed by atoms with Crippen molar-refractivity contribution in [2.24, 2.45) is 0 Å². The Hall–Kier alpha value is -1.65. The number of hydrogen-bond acceptors (Lipinski definition) is 5. The van der Waals surface area contributed by atoms with Crippen LogP contribution in [0.1, 0.15) is 10.6 Å². The lowest BCUT2D eigenvalue weighted by molar-refractivity contribution is -0.141. The molecule has 130 valence electrons. The molecule has 2 aromatic heterocycles. The number of ether oxygens (including phenoxy) is 1. The molecule has 0 atom stereocenters. The predicted molar refractivity (Wildman–Crippen MR) is 81.5 cm³/mol. The number of halogens is 3. The fraction of sp³-hybridized carbons (Fsp3) is 0.357. The molecule has 1 aliphatic rings. The maximum Gasteiger partial charge on any atom is 0.433 e. The van der Waals surface area contributed by atoms with Gasteiger partial charge in [0.25, 0.3) is 10.0 Å². The van der Waals surface area contributed by atoms with Crippen LogP contribution in [0.3, 0.4) is 0 Å². The summed E-state index contributed by atoms with van der Waals surface area (Å²) in [5.74, 6) is 0.0198. The van der Waals surface area contributed by atoms with Gasteiger partial charge in [-0.3, -0.25) is 4.98 Å². The van der Waals surface area contributed by atoms with Gasteiger partial charge in [0.15, 0.2) is 0 Å². The number of aryl methyl sites for hydroxylation is 1. The fourth-order valence-corrected chi connectivity index (χ4v) is 5.12. The van der Waals surface area contributed by atoms with Crippen LogP contribution in [-0.4, -0.2) is 36.9 Å². The summed E-state index contributed by atoms with van der Waals surface area (Å²) < 4.78 is 69.4. The third-order valence-corrected chi connectivity index (χ3v) is 6.75. The van der Waals surface area contributed by atoms with Crippen LogP contribution in [0.2, 0.25) is 0 Å². The normalized spacial score (nSPS) is 16.8. The zero-order valence-electron chi connectivity index (χ0n) is 12.4. The van der Waals surface area contributed by atoms with E-state index in [0.717, 1.165) is 17.1 Å². The van der Waals surface area contributed by atoms with Crippen LogP contribution >= 0.6 is 11.3 Å². The number of aromatic nitrogens is 1. The second kappa shape index (κ2) is 6.01. The van der Waals surface area contributed by atoms with Gasteiger partial charge in [0.2, 0.25) is 0 Å². The Bertz CT molecular complexity index is 843. The Labute approximate surface area is 140 Å². The summed E-state index contributed by atoms with van der Waals surface area (Å²) in [7, 11) is -3.56. The van der Waals surface area contributed by atoms with Crippen LogP contribution in [-0.2, 0) is 16.2 Å². The zero-order chi connectivity index (χ0) is 17.5. The summed E-state index contributed by atoms with van der Waals surface area (Å²) >= 11 is 1.18. The molecule has 0 amide bonds. The quantitative estimate of drug-likeness (QED) is 0.821. The first-order valence-electron chi connectivity index (χ1n) is 6.93. The first-order chi connectivity index (χ1) is 11.2. The van der Waals surface area contributed by atoms with Crippen molar-refractivity contribution in [1.82, 2.24) is 9.29 Å². The summed E-state index contributed by atoms with van der Waals surface area (Å²) in [6, 6.07) is 5.39. The average molecular weight is 378 g/mol. The number of alkyl halides is 3. The smallest absolute Gasteiger partial charge is 0.433 e. The predicted octanol–water partition coefficient (Wildman–Crippen LogP) is 2.92. The van der Waals surface area contributed by atoms with Crippen molar-refractivity contribution < 1.29 is 26.3 Å².